The van der Waals surface area contributed by atoms with Crippen LogP contribution in [-0.2, 0) is 28.6 Å². The molecule has 0 saturated carbocycles. The minimum atomic E-state index is -0.769. The van der Waals surface area contributed by atoms with Gasteiger partial charge in [0.15, 0.2) is 6.10 Å². The van der Waals surface area contributed by atoms with E-state index in [2.05, 4.69) is 81.5 Å². The Morgan fingerprint density at radius 2 is 0.476 bits per heavy atom. The van der Waals surface area contributed by atoms with Crippen molar-refractivity contribution in [2.24, 2.45) is 0 Å². The zero-order valence-electron chi connectivity index (χ0n) is 55.0. The standard InChI is InChI=1S/C76H138O6/c1-4-7-10-13-16-18-20-22-24-26-28-30-32-34-36-37-38-39-41-42-44-46-48-50-52-54-56-58-60-63-66-69-75(78)81-72-73(71-80-74(77)68-65-62-15-12-9-6-3)82-76(79)70-67-64-61-59-57-55-53-51-49-47-45-43-40-35-33-31-29-27-25-23-21-19-17-14-11-8-5-2/h7,10,16,18,22,24,27-30,73H,4-6,8-9,11-15,17,19-21,23,25-26,31-72H2,1-3H3/b10-7-,18-16-,24-22-,29-27-,30-28-. The first-order valence-corrected chi connectivity index (χ1v) is 36.3. The van der Waals surface area contributed by atoms with Crippen LogP contribution in [0.3, 0.4) is 0 Å². The van der Waals surface area contributed by atoms with E-state index in [4.69, 9.17) is 14.2 Å². The predicted molar refractivity (Wildman–Crippen MR) is 358 cm³/mol. The van der Waals surface area contributed by atoms with E-state index in [-0.39, 0.29) is 31.1 Å². The predicted octanol–water partition coefficient (Wildman–Crippen LogP) is 25.1. The molecule has 0 saturated heterocycles. The second-order valence-corrected chi connectivity index (χ2v) is 24.5. The maximum absolute atomic E-state index is 12.9. The number of allylic oxidation sites excluding steroid dienone is 10. The minimum Gasteiger partial charge on any atom is -0.462 e. The highest BCUT2D eigenvalue weighted by Crippen LogP contribution is 2.18. The second kappa shape index (κ2) is 70.6. The lowest BCUT2D eigenvalue weighted by Gasteiger charge is -2.18. The van der Waals surface area contributed by atoms with Gasteiger partial charge in [-0.1, -0.05) is 345 Å². The molecule has 0 aromatic rings. The SMILES string of the molecule is CC/C=C\C/C=C\C/C=C\C/C=C\CCCCCCCCCCCCCCCCCCCCC(=O)OCC(COC(=O)CCCCCCCC)OC(=O)CCCCCCCCCCCCCCCCC/C=C\CCCCCCCCCC. The van der Waals surface area contributed by atoms with Crippen molar-refractivity contribution in [2.45, 2.75) is 393 Å². The van der Waals surface area contributed by atoms with Gasteiger partial charge in [-0.3, -0.25) is 14.4 Å². The molecule has 0 aromatic carbocycles. The molecule has 0 N–H and O–H groups in total. The van der Waals surface area contributed by atoms with E-state index in [0.29, 0.717) is 19.3 Å². The summed E-state index contributed by atoms with van der Waals surface area (Å²) in [6.07, 6.45) is 91.6. The van der Waals surface area contributed by atoms with Crippen LogP contribution in [0.4, 0.5) is 0 Å². The molecule has 1 atom stereocenters. The molecule has 82 heavy (non-hydrogen) atoms. The average molecular weight is 1150 g/mol. The lowest BCUT2D eigenvalue weighted by atomic mass is 10.0. The molecule has 0 bridgehead atoms. The first-order chi connectivity index (χ1) is 40.5. The van der Waals surface area contributed by atoms with Crippen molar-refractivity contribution >= 4 is 17.9 Å². The van der Waals surface area contributed by atoms with Gasteiger partial charge in [0.2, 0.25) is 0 Å². The monoisotopic (exact) mass is 1150 g/mol. The van der Waals surface area contributed by atoms with Crippen molar-refractivity contribution in [3.05, 3.63) is 60.8 Å². The molecule has 0 aliphatic heterocycles. The highest BCUT2D eigenvalue weighted by molar-refractivity contribution is 5.71. The average Bonchev–Trinajstić information content (AvgIpc) is 3.47. The van der Waals surface area contributed by atoms with E-state index in [9.17, 15) is 14.4 Å². The van der Waals surface area contributed by atoms with E-state index >= 15 is 0 Å². The van der Waals surface area contributed by atoms with Crippen molar-refractivity contribution in [1.82, 2.24) is 0 Å². The highest BCUT2D eigenvalue weighted by atomic mass is 16.6. The Morgan fingerprint density at radius 3 is 0.756 bits per heavy atom. The van der Waals surface area contributed by atoms with Crippen molar-refractivity contribution in [2.75, 3.05) is 13.2 Å². The van der Waals surface area contributed by atoms with Crippen LogP contribution in [0, 0.1) is 0 Å². The molecule has 478 valence electrons. The molecule has 1 unspecified atom stereocenters. The number of esters is 3. The maximum Gasteiger partial charge on any atom is 0.306 e. The summed E-state index contributed by atoms with van der Waals surface area (Å²) >= 11 is 0. The van der Waals surface area contributed by atoms with Crippen molar-refractivity contribution in [3.8, 4) is 0 Å². The molecule has 6 heteroatoms. The molecular formula is C76H138O6. The number of unbranched alkanes of at least 4 members (excludes halogenated alkanes) is 46. The van der Waals surface area contributed by atoms with Gasteiger partial charge in [-0.05, 0) is 83.5 Å². The number of hydrogen-bond donors (Lipinski definition) is 0. The smallest absolute Gasteiger partial charge is 0.306 e. The normalized spacial score (nSPS) is 12.4. The van der Waals surface area contributed by atoms with E-state index in [0.717, 1.165) is 83.5 Å². The molecule has 0 aromatic heterocycles. The van der Waals surface area contributed by atoms with Crippen LogP contribution in [0.5, 0.6) is 0 Å². The molecule has 0 aliphatic rings. The van der Waals surface area contributed by atoms with Gasteiger partial charge in [0.1, 0.15) is 13.2 Å². The topological polar surface area (TPSA) is 78.9 Å². The van der Waals surface area contributed by atoms with Gasteiger partial charge in [0, 0.05) is 19.3 Å². The molecule has 0 amide bonds. The van der Waals surface area contributed by atoms with Crippen LogP contribution in [0.2, 0.25) is 0 Å². The number of rotatable bonds is 67. The van der Waals surface area contributed by atoms with Gasteiger partial charge in [0.25, 0.3) is 0 Å². The second-order valence-electron chi connectivity index (χ2n) is 24.5. The molecule has 0 heterocycles. The largest absolute Gasteiger partial charge is 0.462 e. The summed E-state index contributed by atoms with van der Waals surface area (Å²) in [7, 11) is 0. The van der Waals surface area contributed by atoms with Gasteiger partial charge < -0.3 is 14.2 Å². The van der Waals surface area contributed by atoms with Gasteiger partial charge in [-0.25, -0.2) is 0 Å². The van der Waals surface area contributed by atoms with Crippen LogP contribution in [-0.4, -0.2) is 37.2 Å². The summed E-state index contributed by atoms with van der Waals surface area (Å²) in [5.74, 6) is -0.854. The Bertz CT molecular complexity index is 1460. The summed E-state index contributed by atoms with van der Waals surface area (Å²) in [6.45, 7) is 6.53. The Morgan fingerprint density at radius 1 is 0.256 bits per heavy atom. The lowest BCUT2D eigenvalue weighted by molar-refractivity contribution is -0.167. The number of ether oxygens (including phenoxy) is 3. The van der Waals surface area contributed by atoms with Crippen molar-refractivity contribution in [1.29, 1.82) is 0 Å². The fourth-order valence-electron chi connectivity index (χ4n) is 10.8. The summed E-state index contributed by atoms with van der Waals surface area (Å²) in [5.41, 5.74) is 0. The van der Waals surface area contributed by atoms with Crippen LogP contribution in [0.25, 0.3) is 0 Å². The molecule has 0 radical (unpaired) electrons. The summed E-state index contributed by atoms with van der Waals surface area (Å²) in [4.78, 5) is 38.1. The van der Waals surface area contributed by atoms with Gasteiger partial charge in [-0.15, -0.1) is 0 Å². The molecule has 0 fully saturated rings. The van der Waals surface area contributed by atoms with Gasteiger partial charge in [0.05, 0.1) is 0 Å². The van der Waals surface area contributed by atoms with E-state index in [1.807, 2.05) is 0 Å². The number of hydrogen-bond acceptors (Lipinski definition) is 6. The quantitative estimate of drug-likeness (QED) is 0.0261. The number of carbonyl (C=O) groups excluding carboxylic acids is 3. The minimum absolute atomic E-state index is 0.0684. The zero-order chi connectivity index (χ0) is 59.2. The third-order valence-corrected chi connectivity index (χ3v) is 16.3. The molecule has 0 spiro atoms. The van der Waals surface area contributed by atoms with Gasteiger partial charge >= 0.3 is 17.9 Å². The fourth-order valence-corrected chi connectivity index (χ4v) is 10.8. The lowest BCUT2D eigenvalue weighted by Crippen LogP contribution is -2.30. The van der Waals surface area contributed by atoms with Crippen molar-refractivity contribution in [3.63, 3.8) is 0 Å². The van der Waals surface area contributed by atoms with E-state index in [1.54, 1.807) is 0 Å². The Labute approximate surface area is 510 Å². The summed E-state index contributed by atoms with van der Waals surface area (Å²) in [5, 5.41) is 0. The Kier molecular flexibility index (Phi) is 68.1. The Hall–Kier alpha value is -2.89. The first kappa shape index (κ1) is 79.1. The summed E-state index contributed by atoms with van der Waals surface area (Å²) < 4.78 is 16.9. The highest BCUT2D eigenvalue weighted by Gasteiger charge is 2.19. The molecule has 6 nitrogen and oxygen atoms in total. The Balaban J connectivity index is 3.96. The molecular weight excluding hydrogens is 1010 g/mol. The van der Waals surface area contributed by atoms with Crippen LogP contribution < -0.4 is 0 Å². The summed E-state index contributed by atoms with van der Waals surface area (Å²) in [6, 6.07) is 0. The van der Waals surface area contributed by atoms with Crippen LogP contribution in [0.1, 0.15) is 387 Å². The molecule has 0 aliphatic carbocycles. The number of carbonyl (C=O) groups is 3. The van der Waals surface area contributed by atoms with Crippen LogP contribution >= 0.6 is 0 Å². The third-order valence-electron chi connectivity index (χ3n) is 16.3. The zero-order valence-corrected chi connectivity index (χ0v) is 55.0. The molecule has 0 rings (SSSR count). The van der Waals surface area contributed by atoms with Crippen LogP contribution in [0.15, 0.2) is 60.8 Å². The first-order valence-electron chi connectivity index (χ1n) is 36.3. The third kappa shape index (κ3) is 67.9. The van der Waals surface area contributed by atoms with Crippen molar-refractivity contribution < 1.29 is 28.6 Å². The van der Waals surface area contributed by atoms with E-state index in [1.165, 1.54) is 263 Å². The fraction of sp³-hybridized carbons (Fsp3) is 0.829. The van der Waals surface area contributed by atoms with E-state index < -0.39 is 6.10 Å². The van der Waals surface area contributed by atoms with Gasteiger partial charge in [-0.2, -0.15) is 0 Å². The maximum atomic E-state index is 12.9.